The quantitative estimate of drug-likeness (QED) is 0.822. The number of aryl methyl sites for hydroxylation is 2. The van der Waals surface area contributed by atoms with Crippen molar-refractivity contribution in [1.29, 1.82) is 0 Å². The van der Waals surface area contributed by atoms with Crippen LogP contribution in [0.3, 0.4) is 0 Å². The molecule has 8 heteroatoms. The first-order valence-electron chi connectivity index (χ1n) is 5.47. The first-order chi connectivity index (χ1) is 8.90. The molecule has 2 aromatic heterocycles. The van der Waals surface area contributed by atoms with E-state index in [9.17, 15) is 9.59 Å². The van der Waals surface area contributed by atoms with Gasteiger partial charge in [-0.2, -0.15) is 5.10 Å². The number of amides is 1. The van der Waals surface area contributed by atoms with Crippen molar-refractivity contribution in [2.24, 2.45) is 7.05 Å². The normalized spacial score (nSPS) is 10.5. The monoisotopic (exact) mass is 279 g/mol. The average Bonchev–Trinajstić information content (AvgIpc) is 2.85. The zero-order valence-corrected chi connectivity index (χ0v) is 11.5. The van der Waals surface area contributed by atoms with Crippen LogP contribution in [0.15, 0.2) is 5.38 Å². The van der Waals surface area contributed by atoms with Crippen LogP contribution in [0.25, 0.3) is 0 Å². The van der Waals surface area contributed by atoms with E-state index in [1.165, 1.54) is 22.9 Å². The van der Waals surface area contributed by atoms with Crippen LogP contribution in [0.1, 0.15) is 33.6 Å². The predicted molar refractivity (Wildman–Crippen MR) is 72.4 cm³/mol. The van der Waals surface area contributed by atoms with E-state index in [4.69, 9.17) is 5.73 Å². The van der Waals surface area contributed by atoms with E-state index in [2.05, 4.69) is 15.4 Å². The second kappa shape index (κ2) is 4.81. The number of nitrogens with two attached hydrogens (primary N) is 1. The molecule has 0 aliphatic rings. The van der Waals surface area contributed by atoms with E-state index >= 15 is 0 Å². The van der Waals surface area contributed by atoms with E-state index in [1.807, 2.05) is 0 Å². The van der Waals surface area contributed by atoms with Crippen molar-refractivity contribution in [3.63, 3.8) is 0 Å². The van der Waals surface area contributed by atoms with Crippen LogP contribution in [0, 0.1) is 6.92 Å². The number of nitrogen functional groups attached to an aromatic ring is 1. The molecule has 0 aromatic carbocycles. The minimum absolute atomic E-state index is 0.146. The second-order valence-electron chi connectivity index (χ2n) is 4.02. The molecular formula is C11H13N5O2S. The molecule has 0 radical (unpaired) electrons. The van der Waals surface area contributed by atoms with Gasteiger partial charge in [-0.25, -0.2) is 4.98 Å². The highest BCUT2D eigenvalue weighted by atomic mass is 32.1. The molecular weight excluding hydrogens is 266 g/mol. The smallest absolute Gasteiger partial charge is 0.277 e. The molecule has 0 fully saturated rings. The van der Waals surface area contributed by atoms with E-state index in [0.717, 1.165) is 0 Å². The molecule has 0 atom stereocenters. The lowest BCUT2D eigenvalue weighted by atomic mass is 10.3. The lowest BCUT2D eigenvalue weighted by molar-refractivity contribution is 0.100. The fourth-order valence-electron chi connectivity index (χ4n) is 1.59. The zero-order chi connectivity index (χ0) is 14.2. The molecule has 2 heterocycles. The van der Waals surface area contributed by atoms with Crippen molar-refractivity contribution in [2.45, 2.75) is 13.8 Å². The van der Waals surface area contributed by atoms with Gasteiger partial charge < -0.3 is 5.73 Å². The number of aromatic nitrogens is 3. The van der Waals surface area contributed by atoms with Gasteiger partial charge in [0.2, 0.25) is 0 Å². The van der Waals surface area contributed by atoms with Crippen molar-refractivity contribution in [3.8, 4) is 0 Å². The van der Waals surface area contributed by atoms with Crippen molar-refractivity contribution in [3.05, 3.63) is 22.5 Å². The number of carbonyl (C=O) groups excluding carboxylic acids is 2. The number of rotatable bonds is 3. The Kier molecular flexibility index (Phi) is 3.34. The molecule has 2 rings (SSSR count). The average molecular weight is 279 g/mol. The first-order valence-corrected chi connectivity index (χ1v) is 6.35. The number of hydrogen-bond donors (Lipinski definition) is 2. The Labute approximate surface area is 113 Å². The van der Waals surface area contributed by atoms with Crippen molar-refractivity contribution >= 4 is 33.8 Å². The molecule has 2 aromatic rings. The predicted octanol–water partition coefficient (Wildman–Crippen LogP) is 1.22. The topological polar surface area (TPSA) is 103 Å². The molecule has 0 saturated heterocycles. The van der Waals surface area contributed by atoms with Crippen LogP contribution >= 0.6 is 11.3 Å². The Morgan fingerprint density at radius 3 is 2.63 bits per heavy atom. The summed E-state index contributed by atoms with van der Waals surface area (Å²) in [5.41, 5.74) is 7.33. The summed E-state index contributed by atoms with van der Waals surface area (Å²) in [5, 5.41) is 8.62. The SMILES string of the molecule is CC(=O)c1csc(NC(=O)c2c(N)c(C)nn2C)n1. The van der Waals surface area contributed by atoms with Gasteiger partial charge in [-0.15, -0.1) is 11.3 Å². The molecule has 0 aliphatic carbocycles. The number of nitrogens with one attached hydrogen (secondary N) is 1. The molecule has 0 aliphatic heterocycles. The van der Waals surface area contributed by atoms with Gasteiger partial charge in [-0.3, -0.25) is 19.6 Å². The molecule has 0 spiro atoms. The summed E-state index contributed by atoms with van der Waals surface area (Å²) in [7, 11) is 1.64. The summed E-state index contributed by atoms with van der Waals surface area (Å²) in [5.74, 6) is -0.544. The fourth-order valence-corrected chi connectivity index (χ4v) is 2.34. The van der Waals surface area contributed by atoms with Gasteiger partial charge in [0, 0.05) is 19.4 Å². The lowest BCUT2D eigenvalue weighted by Gasteiger charge is -2.02. The van der Waals surface area contributed by atoms with E-state index in [1.54, 1.807) is 19.4 Å². The molecule has 19 heavy (non-hydrogen) atoms. The van der Waals surface area contributed by atoms with E-state index in [-0.39, 0.29) is 11.5 Å². The van der Waals surface area contributed by atoms with Crippen molar-refractivity contribution in [2.75, 3.05) is 11.1 Å². The third-order valence-electron chi connectivity index (χ3n) is 2.57. The van der Waals surface area contributed by atoms with Crippen LogP contribution in [-0.2, 0) is 7.05 Å². The Hall–Kier alpha value is -2.22. The summed E-state index contributed by atoms with van der Waals surface area (Å²) < 4.78 is 1.42. The van der Waals surface area contributed by atoms with Crippen LogP contribution in [0.5, 0.6) is 0 Å². The molecule has 0 bridgehead atoms. The van der Waals surface area contributed by atoms with Gasteiger partial charge in [-0.1, -0.05) is 0 Å². The molecule has 0 saturated carbocycles. The van der Waals surface area contributed by atoms with Gasteiger partial charge in [0.1, 0.15) is 11.4 Å². The summed E-state index contributed by atoms with van der Waals surface area (Å²) in [6, 6.07) is 0. The highest BCUT2D eigenvalue weighted by Gasteiger charge is 2.19. The summed E-state index contributed by atoms with van der Waals surface area (Å²) in [6.45, 7) is 3.15. The maximum absolute atomic E-state index is 12.1. The van der Waals surface area contributed by atoms with Crippen molar-refractivity contribution in [1.82, 2.24) is 14.8 Å². The summed E-state index contributed by atoms with van der Waals surface area (Å²) in [4.78, 5) is 27.2. The number of anilines is 2. The molecule has 1 amide bonds. The fraction of sp³-hybridized carbons (Fsp3) is 0.273. The van der Waals surface area contributed by atoms with Gasteiger partial charge in [0.25, 0.3) is 5.91 Å². The number of hydrogen-bond acceptors (Lipinski definition) is 6. The van der Waals surface area contributed by atoms with Gasteiger partial charge in [-0.05, 0) is 6.92 Å². The third-order valence-corrected chi connectivity index (χ3v) is 3.33. The Balaban J connectivity index is 2.23. The van der Waals surface area contributed by atoms with E-state index < -0.39 is 5.91 Å². The zero-order valence-electron chi connectivity index (χ0n) is 10.7. The second-order valence-corrected chi connectivity index (χ2v) is 4.88. The van der Waals surface area contributed by atoms with Crippen molar-refractivity contribution < 1.29 is 9.59 Å². The Morgan fingerprint density at radius 1 is 1.47 bits per heavy atom. The number of nitrogens with zero attached hydrogens (tertiary/aromatic N) is 3. The maximum Gasteiger partial charge on any atom is 0.277 e. The van der Waals surface area contributed by atoms with Crippen LogP contribution in [0.4, 0.5) is 10.8 Å². The summed E-state index contributed by atoms with van der Waals surface area (Å²) >= 11 is 1.19. The number of thiazole rings is 1. The minimum atomic E-state index is -0.398. The van der Waals surface area contributed by atoms with Gasteiger partial charge >= 0.3 is 0 Å². The minimum Gasteiger partial charge on any atom is -0.395 e. The molecule has 0 unspecified atom stereocenters. The Bertz CT molecular complexity index is 658. The largest absolute Gasteiger partial charge is 0.395 e. The van der Waals surface area contributed by atoms with Gasteiger partial charge in [0.05, 0.1) is 11.4 Å². The number of ketones is 1. The highest BCUT2D eigenvalue weighted by Crippen LogP contribution is 2.20. The molecule has 3 N–H and O–H groups in total. The molecule has 100 valence electrons. The standard InChI is InChI=1S/C11H13N5O2S/c1-5-8(12)9(16(3)15-5)10(18)14-11-13-7(4-19-11)6(2)17/h4H,12H2,1-3H3,(H,13,14,18). The summed E-state index contributed by atoms with van der Waals surface area (Å²) in [6.07, 6.45) is 0. The number of carbonyl (C=O) groups is 2. The molecule has 7 nitrogen and oxygen atoms in total. The highest BCUT2D eigenvalue weighted by molar-refractivity contribution is 7.14. The van der Waals surface area contributed by atoms with E-state index in [0.29, 0.717) is 22.2 Å². The lowest BCUT2D eigenvalue weighted by Crippen LogP contribution is -2.17. The number of Topliss-reactive ketones (excluding diaryl/α,β-unsaturated/α-hetero) is 1. The van der Waals surface area contributed by atoms with Crippen LogP contribution in [0.2, 0.25) is 0 Å². The van der Waals surface area contributed by atoms with Gasteiger partial charge in [0.15, 0.2) is 10.9 Å². The first kappa shape index (κ1) is 13.2. The maximum atomic E-state index is 12.1. The van der Waals surface area contributed by atoms with Crippen LogP contribution < -0.4 is 11.1 Å². The third kappa shape index (κ3) is 2.48. The van der Waals surface area contributed by atoms with Crippen LogP contribution in [-0.4, -0.2) is 26.5 Å². The Morgan fingerprint density at radius 2 is 2.16 bits per heavy atom.